The van der Waals surface area contributed by atoms with Crippen molar-refractivity contribution < 1.29 is 21.5 Å². The van der Waals surface area contributed by atoms with Gasteiger partial charge in [0.05, 0.1) is 27.2 Å². The van der Waals surface area contributed by atoms with E-state index in [1.807, 2.05) is 35.6 Å². The highest BCUT2D eigenvalue weighted by atomic mass is 35.5. The zero-order valence-corrected chi connectivity index (χ0v) is 13.0. The Balaban J connectivity index is -0.0000000457. The van der Waals surface area contributed by atoms with Gasteiger partial charge in [-0.15, -0.1) is 12.4 Å². The van der Waals surface area contributed by atoms with Gasteiger partial charge in [0.2, 0.25) is 12.7 Å². The number of rotatable bonds is 2. The molecule has 0 aliphatic heterocycles. The van der Waals surface area contributed by atoms with E-state index < -0.39 is 0 Å². The summed E-state index contributed by atoms with van der Waals surface area (Å²) >= 11 is 0. The molecule has 0 aliphatic carbocycles. The Morgan fingerprint density at radius 3 is 1.09 bits per heavy atom. The number of imidazole rings is 2. The van der Waals surface area contributed by atoms with Crippen LogP contribution in [0, 0.1) is 0 Å². The second kappa shape index (κ2) is 20.0. The Hall–Kier alpha value is -1.00. The molecule has 0 aromatic carbocycles. The van der Waals surface area contributed by atoms with Crippen LogP contribution < -0.4 is 21.5 Å². The van der Waals surface area contributed by atoms with Crippen LogP contribution in [-0.4, -0.2) is 9.13 Å². The van der Waals surface area contributed by atoms with Crippen LogP contribution in [0.15, 0.2) is 37.4 Å². The Kier molecular flexibility index (Phi) is 33.9. The molecule has 2 heterocycles. The van der Waals surface area contributed by atoms with E-state index in [1.165, 1.54) is 0 Å². The molecule has 2 aromatic heterocycles. The van der Waals surface area contributed by atoms with Crippen LogP contribution in [0.3, 0.4) is 0 Å². The number of aromatic nitrogens is 4. The lowest BCUT2D eigenvalue weighted by Gasteiger charge is -1.81. The van der Waals surface area contributed by atoms with Gasteiger partial charge < -0.3 is 12.4 Å². The highest BCUT2D eigenvalue weighted by Gasteiger charge is 1.92. The first-order valence-corrected chi connectivity index (χ1v) is 5.67. The zero-order chi connectivity index (χ0) is 12.0. The number of hydrogen-bond acceptors (Lipinski definition) is 0. The third kappa shape index (κ3) is 14.0. The Morgan fingerprint density at radius 1 is 0.727 bits per heavy atom. The molecule has 2 aromatic rings. The fraction of sp³-hybridized carbons (Fsp3) is 0.625. The van der Waals surface area contributed by atoms with Gasteiger partial charge in [-0.05, 0) is 13.8 Å². The predicted molar refractivity (Wildman–Crippen MR) is 96.7 cm³/mol. The number of nitrogens with zero attached hydrogens (tertiary/aromatic N) is 4. The van der Waals surface area contributed by atoms with Crippen LogP contribution in [0.5, 0.6) is 0 Å². The maximum Gasteiger partial charge on any atom is 0.243 e. The first-order valence-electron chi connectivity index (χ1n) is 5.67. The summed E-state index contributed by atoms with van der Waals surface area (Å²) in [5.41, 5.74) is 0. The van der Waals surface area contributed by atoms with E-state index in [0.29, 0.717) is 0 Å². The highest BCUT2D eigenvalue weighted by Crippen LogP contribution is 1.79. The van der Waals surface area contributed by atoms with Gasteiger partial charge in [-0.1, -0.05) is 29.7 Å². The van der Waals surface area contributed by atoms with Gasteiger partial charge in [-0.2, -0.15) is 0 Å². The molecule has 0 unspecified atom stereocenters. The Bertz CT molecular complexity index is 385. The van der Waals surface area contributed by atoms with E-state index >= 15 is 0 Å². The van der Waals surface area contributed by atoms with Crippen molar-refractivity contribution in [2.75, 3.05) is 0 Å². The molecule has 0 radical (unpaired) electrons. The molecule has 0 N–H and O–H groups in total. The molecule has 0 saturated carbocycles. The monoisotopic (exact) mass is 357 g/mol. The van der Waals surface area contributed by atoms with E-state index in [2.05, 4.69) is 48.0 Å². The van der Waals surface area contributed by atoms with Gasteiger partial charge in [0.15, 0.2) is 0 Å². The van der Waals surface area contributed by atoms with E-state index in [-0.39, 0.29) is 54.5 Å². The van der Waals surface area contributed by atoms with Crippen LogP contribution in [0.1, 0.15) is 43.6 Å². The molecule has 0 spiro atoms. The standard InChI is InChI=1S/2C6H11N2.4CH4.2ClH/c2*1-3-8-5-4-7(2)6-8;;;;;;/h2*4-6H,3H2,1-2H3;4*1H4;2*1H/q2*+1;;;;;;/p-1. The maximum atomic E-state index is 2.12. The molecule has 0 atom stereocenters. The molecule has 6 heteroatoms. The minimum atomic E-state index is 0. The quantitative estimate of drug-likeness (QED) is 0.701. The third-order valence-corrected chi connectivity index (χ3v) is 2.38. The van der Waals surface area contributed by atoms with E-state index in [4.69, 9.17) is 0 Å². The second-order valence-electron chi connectivity index (χ2n) is 3.82. The number of hydrogen-bond donors (Lipinski definition) is 0. The van der Waals surface area contributed by atoms with Crippen LogP contribution >= 0.6 is 12.4 Å². The van der Waals surface area contributed by atoms with Crippen LogP contribution in [0.25, 0.3) is 0 Å². The summed E-state index contributed by atoms with van der Waals surface area (Å²) in [7, 11) is 4.04. The topological polar surface area (TPSA) is 17.6 Å². The molecule has 0 fully saturated rings. The van der Waals surface area contributed by atoms with Gasteiger partial charge in [0.25, 0.3) is 0 Å². The number of halogens is 2. The largest absolute Gasteiger partial charge is 1.00 e. The lowest BCUT2D eigenvalue weighted by molar-refractivity contribution is -0.671. The average Bonchev–Trinajstić information content (AvgIpc) is 2.88. The molecule has 0 amide bonds. The fourth-order valence-corrected chi connectivity index (χ4v) is 1.38. The molecule has 2 rings (SSSR count). The summed E-state index contributed by atoms with van der Waals surface area (Å²) in [6.07, 6.45) is 12.3. The summed E-state index contributed by atoms with van der Waals surface area (Å²) < 4.78 is 8.31. The molecule has 0 aliphatic rings. The second-order valence-corrected chi connectivity index (χ2v) is 3.82. The van der Waals surface area contributed by atoms with E-state index in [9.17, 15) is 0 Å². The number of aryl methyl sites for hydroxylation is 4. The first-order chi connectivity index (χ1) is 7.65. The molecular formula is C16H39Cl2N4+. The van der Waals surface area contributed by atoms with Crippen molar-refractivity contribution in [3.8, 4) is 0 Å². The lowest BCUT2D eigenvalue weighted by Crippen LogP contribution is -3.00. The SMILES string of the molecule is C.C.C.C.CCn1cc[n+](C)c1.CCn1cc[n+](C)c1.Cl.[Cl-]. The van der Waals surface area contributed by atoms with Gasteiger partial charge in [-0.3, -0.25) is 0 Å². The summed E-state index contributed by atoms with van der Waals surface area (Å²) in [5.74, 6) is 0. The van der Waals surface area contributed by atoms with Crippen LogP contribution in [0.2, 0.25) is 0 Å². The van der Waals surface area contributed by atoms with Crippen molar-refractivity contribution in [3.05, 3.63) is 37.4 Å². The Labute approximate surface area is 151 Å². The zero-order valence-electron chi connectivity index (χ0n) is 11.5. The van der Waals surface area contributed by atoms with Gasteiger partial charge >= 0.3 is 0 Å². The van der Waals surface area contributed by atoms with Gasteiger partial charge in [0.1, 0.15) is 24.8 Å². The van der Waals surface area contributed by atoms with Crippen molar-refractivity contribution in [2.24, 2.45) is 14.1 Å². The van der Waals surface area contributed by atoms with E-state index in [0.717, 1.165) is 13.1 Å². The van der Waals surface area contributed by atoms with Crippen molar-refractivity contribution in [1.82, 2.24) is 9.13 Å². The molecule has 4 nitrogen and oxygen atoms in total. The maximum absolute atomic E-state index is 2.12. The summed E-state index contributed by atoms with van der Waals surface area (Å²) in [6, 6.07) is 0. The van der Waals surface area contributed by atoms with E-state index in [1.54, 1.807) is 0 Å². The highest BCUT2D eigenvalue weighted by molar-refractivity contribution is 5.85. The predicted octanol–water partition coefficient (Wildman–Crippen LogP) is 0.635. The minimum absolute atomic E-state index is 0. The van der Waals surface area contributed by atoms with Crippen molar-refractivity contribution in [2.45, 2.75) is 56.6 Å². The molecule has 0 saturated heterocycles. The van der Waals surface area contributed by atoms with Crippen LogP contribution in [-0.2, 0) is 27.2 Å². The van der Waals surface area contributed by atoms with Crippen molar-refractivity contribution >= 4 is 12.4 Å². The third-order valence-electron chi connectivity index (χ3n) is 2.38. The molecule has 22 heavy (non-hydrogen) atoms. The normalized spacial score (nSPS) is 7.09. The van der Waals surface area contributed by atoms with Crippen LogP contribution in [0.4, 0.5) is 0 Å². The summed E-state index contributed by atoms with van der Waals surface area (Å²) in [6.45, 7) is 6.36. The first kappa shape index (κ1) is 37.3. The molecular weight excluding hydrogens is 319 g/mol. The Morgan fingerprint density at radius 2 is 1.00 bits per heavy atom. The lowest BCUT2D eigenvalue weighted by atomic mass is 10.7. The average molecular weight is 358 g/mol. The van der Waals surface area contributed by atoms with Gasteiger partial charge in [-0.25, -0.2) is 18.3 Å². The minimum Gasteiger partial charge on any atom is -1.00 e. The van der Waals surface area contributed by atoms with Crippen molar-refractivity contribution in [1.29, 1.82) is 0 Å². The van der Waals surface area contributed by atoms with Gasteiger partial charge in [0, 0.05) is 0 Å². The fourth-order valence-electron chi connectivity index (χ4n) is 1.38. The molecule has 0 bridgehead atoms. The smallest absolute Gasteiger partial charge is 0.243 e. The summed E-state index contributed by atoms with van der Waals surface area (Å²) in [4.78, 5) is 0. The molecule has 136 valence electrons. The summed E-state index contributed by atoms with van der Waals surface area (Å²) in [5, 5.41) is 0. The van der Waals surface area contributed by atoms with Crippen molar-refractivity contribution in [3.63, 3.8) is 0 Å².